The van der Waals surface area contributed by atoms with Gasteiger partial charge in [-0.25, -0.2) is 4.98 Å². The van der Waals surface area contributed by atoms with Crippen molar-refractivity contribution in [3.63, 3.8) is 0 Å². The zero-order chi connectivity index (χ0) is 13.2. The van der Waals surface area contributed by atoms with Gasteiger partial charge in [-0.3, -0.25) is 0 Å². The molecule has 3 aromatic rings. The summed E-state index contributed by atoms with van der Waals surface area (Å²) in [6, 6.07) is 11.8. The van der Waals surface area contributed by atoms with Crippen LogP contribution in [0.5, 0.6) is 0 Å². The highest BCUT2D eigenvalue weighted by molar-refractivity contribution is 7.09. The van der Waals surface area contributed by atoms with Crippen molar-refractivity contribution >= 4 is 34.0 Å². The molecule has 5 heteroatoms. The lowest BCUT2D eigenvalue weighted by Crippen LogP contribution is -2.02. The van der Waals surface area contributed by atoms with Crippen molar-refractivity contribution < 1.29 is 0 Å². The maximum atomic E-state index is 9.00. The Morgan fingerprint density at radius 1 is 1.37 bits per heavy atom. The number of fused-ring (bicyclic) bond motifs is 1. The highest BCUT2D eigenvalue weighted by atomic mass is 35.5. The second-order valence-corrected chi connectivity index (χ2v) is 5.44. The number of imidazole rings is 1. The van der Waals surface area contributed by atoms with Crippen LogP contribution in [0, 0.1) is 11.3 Å². The van der Waals surface area contributed by atoms with Gasteiger partial charge >= 0.3 is 0 Å². The number of alkyl halides is 1. The Bertz CT molecular complexity index is 753. The third-order valence-electron chi connectivity index (χ3n) is 2.97. The molecule has 94 valence electrons. The van der Waals surface area contributed by atoms with Crippen LogP contribution in [0.2, 0.25) is 0 Å². The van der Waals surface area contributed by atoms with Crippen LogP contribution in [0.3, 0.4) is 0 Å². The Morgan fingerprint density at radius 3 is 2.95 bits per heavy atom. The zero-order valence-corrected chi connectivity index (χ0v) is 11.6. The fourth-order valence-corrected chi connectivity index (χ4v) is 2.98. The van der Waals surface area contributed by atoms with Crippen molar-refractivity contribution in [1.29, 1.82) is 5.26 Å². The number of hydrogen-bond acceptors (Lipinski definition) is 3. The predicted octanol–water partition coefficient (Wildman–Crippen LogP) is 3.76. The molecule has 0 bridgehead atoms. The molecule has 2 aromatic heterocycles. The Morgan fingerprint density at radius 2 is 2.26 bits per heavy atom. The van der Waals surface area contributed by atoms with Crippen LogP contribution in [0.4, 0.5) is 0 Å². The van der Waals surface area contributed by atoms with Crippen LogP contribution < -0.4 is 0 Å². The minimum absolute atomic E-state index is 0.363. The van der Waals surface area contributed by atoms with E-state index in [1.165, 1.54) is 4.88 Å². The van der Waals surface area contributed by atoms with Crippen LogP contribution in [0.25, 0.3) is 11.0 Å². The number of benzene rings is 1. The van der Waals surface area contributed by atoms with E-state index in [1.54, 1.807) is 17.4 Å². The van der Waals surface area contributed by atoms with E-state index in [-0.39, 0.29) is 0 Å². The van der Waals surface area contributed by atoms with Gasteiger partial charge in [0.2, 0.25) is 0 Å². The lowest BCUT2D eigenvalue weighted by Gasteiger charge is -2.05. The SMILES string of the molecule is N#Cc1ccc2nc(CCl)n(Cc3cccs3)c2c1. The van der Waals surface area contributed by atoms with Gasteiger partial charge in [0.25, 0.3) is 0 Å². The van der Waals surface area contributed by atoms with E-state index in [4.69, 9.17) is 16.9 Å². The number of hydrogen-bond donors (Lipinski definition) is 0. The quantitative estimate of drug-likeness (QED) is 0.688. The molecule has 0 atom stereocenters. The van der Waals surface area contributed by atoms with Crippen LogP contribution in [0.15, 0.2) is 35.7 Å². The molecule has 2 heterocycles. The summed E-state index contributed by atoms with van der Waals surface area (Å²) in [6.07, 6.45) is 0. The zero-order valence-electron chi connectivity index (χ0n) is 10.0. The lowest BCUT2D eigenvalue weighted by molar-refractivity contribution is 0.789. The molecular weight excluding hydrogens is 278 g/mol. The Hall–Kier alpha value is -1.83. The molecule has 0 saturated carbocycles. The van der Waals surface area contributed by atoms with Crippen molar-refractivity contribution in [3.8, 4) is 6.07 Å². The van der Waals surface area contributed by atoms with E-state index in [0.717, 1.165) is 23.4 Å². The smallest absolute Gasteiger partial charge is 0.125 e. The predicted molar refractivity (Wildman–Crippen MR) is 77.4 cm³/mol. The summed E-state index contributed by atoms with van der Waals surface area (Å²) in [6.45, 7) is 0.741. The van der Waals surface area contributed by atoms with E-state index in [9.17, 15) is 0 Å². The van der Waals surface area contributed by atoms with Gasteiger partial charge in [-0.2, -0.15) is 5.26 Å². The van der Waals surface area contributed by atoms with Gasteiger partial charge in [0.1, 0.15) is 5.82 Å². The van der Waals surface area contributed by atoms with Gasteiger partial charge in [0, 0.05) is 4.88 Å². The maximum Gasteiger partial charge on any atom is 0.125 e. The van der Waals surface area contributed by atoms with E-state index < -0.39 is 0 Å². The second kappa shape index (κ2) is 5.04. The lowest BCUT2D eigenvalue weighted by atomic mass is 10.2. The van der Waals surface area contributed by atoms with Gasteiger partial charge < -0.3 is 4.57 Å². The van der Waals surface area contributed by atoms with E-state index in [0.29, 0.717) is 11.4 Å². The Labute approximate surface area is 119 Å². The van der Waals surface area contributed by atoms with Crippen LogP contribution in [-0.2, 0) is 12.4 Å². The largest absolute Gasteiger partial charge is 0.322 e. The molecule has 0 spiro atoms. The summed E-state index contributed by atoms with van der Waals surface area (Å²) in [4.78, 5) is 5.76. The van der Waals surface area contributed by atoms with E-state index in [2.05, 4.69) is 27.1 Å². The van der Waals surface area contributed by atoms with Crippen molar-refractivity contribution in [2.45, 2.75) is 12.4 Å². The Balaban J connectivity index is 2.16. The molecule has 0 amide bonds. The maximum absolute atomic E-state index is 9.00. The third-order valence-corrected chi connectivity index (χ3v) is 4.07. The molecule has 3 nitrogen and oxygen atoms in total. The standard InChI is InChI=1S/C14H10ClN3S/c15-7-14-17-12-4-3-10(8-16)6-13(12)18(14)9-11-2-1-5-19-11/h1-6H,7,9H2. The van der Waals surface area contributed by atoms with Crippen LogP contribution >= 0.6 is 22.9 Å². The number of thiophene rings is 1. The van der Waals surface area contributed by atoms with Gasteiger partial charge in [-0.05, 0) is 29.6 Å². The average molecular weight is 288 g/mol. The summed E-state index contributed by atoms with van der Waals surface area (Å²) in [5.41, 5.74) is 2.48. The molecule has 0 aliphatic rings. The number of nitrogens with zero attached hydrogens (tertiary/aromatic N) is 3. The molecule has 0 saturated heterocycles. The molecule has 0 radical (unpaired) electrons. The average Bonchev–Trinajstić information content (AvgIpc) is 3.07. The number of nitriles is 1. The van der Waals surface area contributed by atoms with Crippen molar-refractivity contribution in [2.75, 3.05) is 0 Å². The fraction of sp³-hybridized carbons (Fsp3) is 0.143. The fourth-order valence-electron chi connectivity index (χ4n) is 2.08. The molecule has 0 aliphatic heterocycles. The normalized spacial score (nSPS) is 10.7. The molecule has 3 rings (SSSR count). The second-order valence-electron chi connectivity index (χ2n) is 4.14. The topological polar surface area (TPSA) is 41.6 Å². The molecular formula is C14H10ClN3S. The molecule has 0 unspecified atom stereocenters. The van der Waals surface area contributed by atoms with Gasteiger partial charge in [0.15, 0.2) is 0 Å². The number of halogens is 1. The van der Waals surface area contributed by atoms with Gasteiger partial charge in [-0.15, -0.1) is 22.9 Å². The number of rotatable bonds is 3. The summed E-state index contributed by atoms with van der Waals surface area (Å²) in [5.74, 6) is 1.20. The van der Waals surface area contributed by atoms with Crippen molar-refractivity contribution in [1.82, 2.24) is 9.55 Å². The first-order valence-corrected chi connectivity index (χ1v) is 7.21. The van der Waals surface area contributed by atoms with Crippen molar-refractivity contribution in [3.05, 3.63) is 52.0 Å². The molecule has 0 fully saturated rings. The molecule has 0 N–H and O–H groups in total. The molecule has 1 aromatic carbocycles. The van der Waals surface area contributed by atoms with Crippen molar-refractivity contribution in [2.24, 2.45) is 0 Å². The highest BCUT2D eigenvalue weighted by Crippen LogP contribution is 2.22. The number of aromatic nitrogens is 2. The molecule has 19 heavy (non-hydrogen) atoms. The minimum Gasteiger partial charge on any atom is -0.322 e. The van der Waals surface area contributed by atoms with Gasteiger partial charge in [0.05, 0.1) is 35.1 Å². The summed E-state index contributed by atoms with van der Waals surface area (Å²) >= 11 is 7.67. The minimum atomic E-state index is 0.363. The summed E-state index contributed by atoms with van der Waals surface area (Å²) in [5, 5.41) is 11.1. The van der Waals surface area contributed by atoms with E-state index >= 15 is 0 Å². The van der Waals surface area contributed by atoms with Crippen LogP contribution in [0.1, 0.15) is 16.3 Å². The highest BCUT2D eigenvalue weighted by Gasteiger charge is 2.11. The summed E-state index contributed by atoms with van der Waals surface area (Å²) in [7, 11) is 0. The van der Waals surface area contributed by atoms with E-state index in [1.807, 2.05) is 18.2 Å². The Kier molecular flexibility index (Phi) is 3.24. The first-order valence-electron chi connectivity index (χ1n) is 5.79. The first kappa shape index (κ1) is 12.2. The molecule has 0 aliphatic carbocycles. The van der Waals surface area contributed by atoms with Gasteiger partial charge in [-0.1, -0.05) is 6.07 Å². The summed E-state index contributed by atoms with van der Waals surface area (Å²) < 4.78 is 2.08. The first-order chi connectivity index (χ1) is 9.31. The third kappa shape index (κ3) is 2.23. The monoisotopic (exact) mass is 287 g/mol. The van der Waals surface area contributed by atoms with Crippen LogP contribution in [-0.4, -0.2) is 9.55 Å².